The Kier molecular flexibility index (Phi) is 14.7. The van der Waals surface area contributed by atoms with E-state index in [9.17, 15) is 38.4 Å². The number of nitrogens with zero attached hydrogens (tertiary/aromatic N) is 6. The minimum absolute atomic E-state index is 0.223. The molecule has 2 aliphatic rings. The highest BCUT2D eigenvalue weighted by atomic mass is 16.7. The van der Waals surface area contributed by atoms with Gasteiger partial charge in [-0.15, -0.1) is 0 Å². The Morgan fingerprint density at radius 2 is 1.08 bits per heavy atom. The van der Waals surface area contributed by atoms with Crippen molar-refractivity contribution in [2.45, 2.75) is 97.5 Å². The van der Waals surface area contributed by atoms with E-state index >= 15 is 0 Å². The SMILES string of the molecule is CC(=O)OC[C@H]1O[C@@H](N(C(C)=O)c2nc(OC(=O)N(c3ccccc3)c3ccccc3)c3ncn([C@@H]4O[C@H](COC(C)=O)[C@@H](OC(C)=O)[C@H]4OC(C)=O)c3n2)[C@H](OC(C)=O)[C@@H]1OC(C)=O. The van der Waals surface area contributed by atoms with Gasteiger partial charge < -0.3 is 42.6 Å². The zero-order chi connectivity index (χ0) is 47.1. The van der Waals surface area contributed by atoms with E-state index in [2.05, 4.69) is 15.0 Å². The molecule has 2 aromatic heterocycles. The molecule has 2 aliphatic heterocycles. The van der Waals surface area contributed by atoms with Crippen LogP contribution in [0.3, 0.4) is 0 Å². The number of para-hydroxylation sites is 2. The van der Waals surface area contributed by atoms with Crippen LogP contribution in [-0.2, 0) is 71.5 Å². The number of aromatic nitrogens is 4. The molecular weight excluding hydrogens is 860 g/mol. The summed E-state index contributed by atoms with van der Waals surface area (Å²) in [4.78, 5) is 118. The van der Waals surface area contributed by atoms with Gasteiger partial charge in [0.05, 0.1) is 17.7 Å². The highest BCUT2D eigenvalue weighted by Crippen LogP contribution is 2.39. The standard InChI is InChI=1S/C42H44N6O17/c1-21(49)47(40-36(62-27(7)55)34(60-25(5)53)31(64-40)19-58-23(3)51)41-44-37-32(38(45-41)65-42(56)48(28-14-10-8-11-15-28)29-16-12-9-13-17-29)43-20-46(37)39-35(61-26(6)54)33(59-24(4)52)30(63-39)18-57-22(2)50/h8-17,20,30-31,33-36,39-40H,18-19H2,1-7H3/t30-,31-,33-,34-,35-,36-,39-,40-/m1/s1. The normalized spacial score (nSPS) is 22.3. The van der Waals surface area contributed by atoms with Gasteiger partial charge >= 0.3 is 41.9 Å². The lowest BCUT2D eigenvalue weighted by atomic mass is 10.1. The van der Waals surface area contributed by atoms with E-state index in [1.165, 1.54) is 9.47 Å². The molecule has 23 nitrogen and oxygen atoms in total. The van der Waals surface area contributed by atoms with Crippen molar-refractivity contribution in [2.24, 2.45) is 0 Å². The predicted molar refractivity (Wildman–Crippen MR) is 218 cm³/mol. The molecule has 0 bridgehead atoms. The van der Waals surface area contributed by atoms with E-state index in [1.54, 1.807) is 60.7 Å². The quantitative estimate of drug-likeness (QED) is 0.130. The van der Waals surface area contributed by atoms with Gasteiger partial charge in [-0.05, 0) is 24.3 Å². The van der Waals surface area contributed by atoms with Gasteiger partial charge in [0.2, 0.25) is 11.9 Å². The third-order valence-corrected chi connectivity index (χ3v) is 9.54. The molecule has 0 spiro atoms. The van der Waals surface area contributed by atoms with E-state index in [4.69, 9.17) is 42.6 Å². The van der Waals surface area contributed by atoms with Crippen LogP contribution in [0.4, 0.5) is 22.1 Å². The summed E-state index contributed by atoms with van der Waals surface area (Å²) in [7, 11) is 0. The summed E-state index contributed by atoms with van der Waals surface area (Å²) >= 11 is 0. The lowest BCUT2D eigenvalue weighted by molar-refractivity contribution is -0.166. The van der Waals surface area contributed by atoms with E-state index in [1.807, 2.05) is 0 Å². The van der Waals surface area contributed by atoms with E-state index in [-0.39, 0.29) is 11.2 Å². The molecule has 0 unspecified atom stereocenters. The molecule has 23 heteroatoms. The number of ether oxygens (including phenoxy) is 9. The molecule has 4 heterocycles. The largest absolute Gasteiger partial charge is 0.463 e. The van der Waals surface area contributed by atoms with Crippen molar-refractivity contribution in [2.75, 3.05) is 23.0 Å². The summed E-state index contributed by atoms with van der Waals surface area (Å²) in [6, 6.07) is 16.9. The third-order valence-electron chi connectivity index (χ3n) is 9.54. The van der Waals surface area contributed by atoms with Crippen LogP contribution in [0, 0.1) is 0 Å². The lowest BCUT2D eigenvalue weighted by Crippen LogP contribution is -2.50. The molecular formula is C42H44N6O17. The maximum atomic E-state index is 14.5. The molecule has 2 saturated heterocycles. The molecule has 0 radical (unpaired) electrons. The molecule has 344 valence electrons. The molecule has 0 saturated carbocycles. The average Bonchev–Trinajstić information content (AvgIpc) is 3.90. The molecule has 0 N–H and O–H groups in total. The van der Waals surface area contributed by atoms with Crippen LogP contribution in [0.1, 0.15) is 54.7 Å². The summed E-state index contributed by atoms with van der Waals surface area (Å²) in [5, 5.41) is 0. The van der Waals surface area contributed by atoms with Gasteiger partial charge in [0.1, 0.15) is 25.4 Å². The molecule has 0 aliphatic carbocycles. The number of amides is 2. The number of esters is 6. The molecule has 2 fully saturated rings. The van der Waals surface area contributed by atoms with Crippen molar-refractivity contribution < 1.29 is 81.0 Å². The predicted octanol–water partition coefficient (Wildman–Crippen LogP) is 2.99. The summed E-state index contributed by atoms with van der Waals surface area (Å²) in [5.74, 6) is -6.76. The topological polar surface area (TPSA) is 270 Å². The zero-order valence-corrected chi connectivity index (χ0v) is 36.0. The number of rotatable bonds is 14. The minimum atomic E-state index is -1.71. The van der Waals surface area contributed by atoms with Gasteiger partial charge in [-0.1, -0.05) is 36.4 Å². The fraction of sp³-hybridized carbons (Fsp3) is 0.405. The third kappa shape index (κ3) is 11.0. The Hall–Kier alpha value is -7.53. The Balaban J connectivity index is 1.55. The summed E-state index contributed by atoms with van der Waals surface area (Å²) in [6.07, 6.45) is -11.4. The van der Waals surface area contributed by atoms with Crippen LogP contribution < -0.4 is 14.5 Å². The molecule has 2 amide bonds. The van der Waals surface area contributed by atoms with Crippen molar-refractivity contribution in [1.29, 1.82) is 0 Å². The Labute approximate surface area is 369 Å². The number of carbonyl (C=O) groups excluding carboxylic acids is 8. The van der Waals surface area contributed by atoms with Gasteiger partial charge in [-0.25, -0.2) is 19.6 Å². The second-order valence-corrected chi connectivity index (χ2v) is 14.4. The van der Waals surface area contributed by atoms with Crippen LogP contribution in [0.2, 0.25) is 0 Å². The molecule has 6 rings (SSSR count). The first-order valence-electron chi connectivity index (χ1n) is 19.9. The first-order chi connectivity index (χ1) is 30.9. The molecule has 4 aromatic rings. The van der Waals surface area contributed by atoms with Crippen LogP contribution in [0.25, 0.3) is 11.2 Å². The summed E-state index contributed by atoms with van der Waals surface area (Å²) < 4.78 is 52.3. The van der Waals surface area contributed by atoms with Crippen molar-refractivity contribution in [1.82, 2.24) is 19.5 Å². The smallest absolute Gasteiger partial charge is 0.425 e. The van der Waals surface area contributed by atoms with Crippen LogP contribution in [-0.4, -0.2) is 123 Å². The number of carbonyl (C=O) groups is 8. The van der Waals surface area contributed by atoms with Crippen molar-refractivity contribution in [3.8, 4) is 5.88 Å². The monoisotopic (exact) mass is 904 g/mol. The minimum Gasteiger partial charge on any atom is -0.463 e. The van der Waals surface area contributed by atoms with E-state index in [0.717, 1.165) is 59.7 Å². The lowest BCUT2D eigenvalue weighted by Gasteiger charge is -2.30. The van der Waals surface area contributed by atoms with Gasteiger partial charge in [0, 0.05) is 48.5 Å². The maximum absolute atomic E-state index is 14.5. The molecule has 2 aromatic carbocycles. The Morgan fingerprint density at radius 1 is 0.600 bits per heavy atom. The fourth-order valence-corrected chi connectivity index (χ4v) is 7.14. The molecule has 8 atom stereocenters. The van der Waals surface area contributed by atoms with E-state index < -0.39 is 122 Å². The van der Waals surface area contributed by atoms with E-state index in [0.29, 0.717) is 11.4 Å². The number of anilines is 3. The highest BCUT2D eigenvalue weighted by Gasteiger charge is 2.54. The second kappa shape index (κ2) is 20.3. The van der Waals surface area contributed by atoms with Crippen LogP contribution in [0.15, 0.2) is 67.0 Å². The fourth-order valence-electron chi connectivity index (χ4n) is 7.14. The number of fused-ring (bicyclic) bond motifs is 1. The van der Waals surface area contributed by atoms with Crippen molar-refractivity contribution in [3.05, 3.63) is 67.0 Å². The Morgan fingerprint density at radius 3 is 1.57 bits per heavy atom. The summed E-state index contributed by atoms with van der Waals surface area (Å²) in [6.45, 7) is 6.71. The Bertz CT molecular complexity index is 2410. The van der Waals surface area contributed by atoms with Gasteiger partial charge in [0.25, 0.3) is 5.88 Å². The van der Waals surface area contributed by atoms with Crippen molar-refractivity contribution >= 4 is 76.3 Å². The number of benzene rings is 2. The molecule has 65 heavy (non-hydrogen) atoms. The second-order valence-electron chi connectivity index (χ2n) is 14.4. The van der Waals surface area contributed by atoms with Crippen LogP contribution >= 0.6 is 0 Å². The van der Waals surface area contributed by atoms with Gasteiger partial charge in [-0.2, -0.15) is 9.97 Å². The maximum Gasteiger partial charge on any atom is 0.425 e. The first kappa shape index (κ1) is 47.0. The number of hydrogen-bond acceptors (Lipinski definition) is 20. The highest BCUT2D eigenvalue weighted by molar-refractivity contribution is 5.98. The van der Waals surface area contributed by atoms with Crippen molar-refractivity contribution in [3.63, 3.8) is 0 Å². The first-order valence-corrected chi connectivity index (χ1v) is 19.9. The van der Waals surface area contributed by atoms with Crippen LogP contribution in [0.5, 0.6) is 5.88 Å². The van der Waals surface area contributed by atoms with Gasteiger partial charge in [0.15, 0.2) is 48.0 Å². The zero-order valence-electron chi connectivity index (χ0n) is 36.0. The van der Waals surface area contributed by atoms with Gasteiger partial charge in [-0.3, -0.25) is 38.1 Å². The number of imidazole rings is 1. The summed E-state index contributed by atoms with van der Waals surface area (Å²) in [5.41, 5.74) is 0.284. The average molecular weight is 905 g/mol. The number of hydrogen-bond donors (Lipinski definition) is 0.